The molecule has 0 spiro atoms. The lowest BCUT2D eigenvalue weighted by molar-refractivity contribution is -0.172. The molecule has 0 aromatic heterocycles. The van der Waals surface area contributed by atoms with Crippen LogP contribution in [0.4, 0.5) is 0 Å². The fourth-order valence-electron chi connectivity index (χ4n) is 7.86. The monoisotopic (exact) mass is 910 g/mol. The number of esters is 5. The average Bonchev–Trinajstić information content (AvgIpc) is 3.27. The lowest BCUT2D eigenvalue weighted by Crippen LogP contribution is -2.32. The molecular formula is C53H99NO10. The van der Waals surface area contributed by atoms with E-state index in [0.717, 1.165) is 90.0 Å². The number of hydrogen-bond donors (Lipinski definition) is 0. The largest absolute Gasteiger partial charge is 0.466 e. The lowest BCUT2D eigenvalue weighted by atomic mass is 9.94. The molecule has 0 saturated carbocycles. The first-order valence-electron chi connectivity index (χ1n) is 26.6. The van der Waals surface area contributed by atoms with Crippen LogP contribution in [0.3, 0.4) is 0 Å². The molecule has 0 aromatic rings. The van der Waals surface area contributed by atoms with Gasteiger partial charge in [-0.3, -0.25) is 19.2 Å². The molecule has 0 aliphatic carbocycles. The molecule has 0 aromatic carbocycles. The predicted octanol–water partition coefficient (Wildman–Crippen LogP) is 13.2. The smallest absolute Gasteiger partial charge is 0.348 e. The van der Waals surface area contributed by atoms with Crippen LogP contribution in [0.15, 0.2) is 0 Å². The summed E-state index contributed by atoms with van der Waals surface area (Å²) in [5.74, 6) is -2.17. The first-order valence-corrected chi connectivity index (χ1v) is 26.6. The zero-order valence-electron chi connectivity index (χ0n) is 42.3. The van der Waals surface area contributed by atoms with Crippen molar-refractivity contribution in [3.05, 3.63) is 0 Å². The Balaban J connectivity index is 4.73. The van der Waals surface area contributed by atoms with Crippen LogP contribution in [0.2, 0.25) is 0 Å². The van der Waals surface area contributed by atoms with Crippen molar-refractivity contribution in [3.8, 4) is 0 Å². The molecule has 0 amide bonds. The standard InChI is InChI=1S/C53H99NO10/c1-7-11-15-19-21-28-37-46(35-26-17-13-9-3)51(57)61-42-31-24-23-30-39-49(55)64-48(53(59)63-44-34-40-54(5)6)45-50(56)60-41-32-25-33-43-62-52(58)47(36-27-18-14-10-4)38-29-22-20-16-12-8-2/h46-48H,7-45H2,1-6H3/t46?,47?,48-/m0/s1. The average molecular weight is 910 g/mol. The van der Waals surface area contributed by atoms with Gasteiger partial charge >= 0.3 is 29.8 Å². The summed E-state index contributed by atoms with van der Waals surface area (Å²) in [6.07, 6.45) is 30.9. The van der Waals surface area contributed by atoms with E-state index in [2.05, 4.69) is 27.7 Å². The summed E-state index contributed by atoms with van der Waals surface area (Å²) in [5, 5.41) is 0. The summed E-state index contributed by atoms with van der Waals surface area (Å²) in [7, 11) is 3.85. The van der Waals surface area contributed by atoms with Gasteiger partial charge in [-0.1, -0.05) is 169 Å². The first kappa shape index (κ1) is 61.3. The minimum Gasteiger partial charge on any atom is -0.466 e. The van der Waals surface area contributed by atoms with Crippen molar-refractivity contribution in [1.29, 1.82) is 0 Å². The maximum atomic E-state index is 13.0. The molecule has 0 aliphatic rings. The molecule has 11 nitrogen and oxygen atoms in total. The molecule has 0 rings (SSSR count). The third-order valence-electron chi connectivity index (χ3n) is 12.0. The maximum absolute atomic E-state index is 13.0. The Hall–Kier alpha value is -2.69. The number of carbonyl (C=O) groups excluding carboxylic acids is 5. The molecule has 0 bridgehead atoms. The summed E-state index contributed by atoms with van der Waals surface area (Å²) in [5.41, 5.74) is 0. The van der Waals surface area contributed by atoms with E-state index in [-0.39, 0.29) is 43.4 Å². The number of carbonyl (C=O) groups is 5. The third-order valence-corrected chi connectivity index (χ3v) is 12.0. The van der Waals surface area contributed by atoms with Gasteiger partial charge in [0.2, 0.25) is 6.10 Å². The zero-order chi connectivity index (χ0) is 47.3. The van der Waals surface area contributed by atoms with Crippen LogP contribution in [-0.2, 0) is 47.7 Å². The normalized spacial score (nSPS) is 12.7. The van der Waals surface area contributed by atoms with Crippen molar-refractivity contribution >= 4 is 29.8 Å². The predicted molar refractivity (Wildman–Crippen MR) is 259 cm³/mol. The first-order chi connectivity index (χ1) is 31.1. The molecule has 0 radical (unpaired) electrons. The highest BCUT2D eigenvalue weighted by Gasteiger charge is 2.28. The molecule has 376 valence electrons. The quantitative estimate of drug-likeness (QED) is 0.0328. The number of nitrogens with zero attached hydrogens (tertiary/aromatic N) is 1. The van der Waals surface area contributed by atoms with Gasteiger partial charge in [-0.05, 0) is 78.3 Å². The molecule has 2 unspecified atom stereocenters. The van der Waals surface area contributed by atoms with E-state index in [9.17, 15) is 24.0 Å². The topological polar surface area (TPSA) is 135 Å². The fourth-order valence-corrected chi connectivity index (χ4v) is 7.86. The van der Waals surface area contributed by atoms with Crippen LogP contribution >= 0.6 is 0 Å². The van der Waals surface area contributed by atoms with Crippen molar-refractivity contribution in [1.82, 2.24) is 4.90 Å². The molecule has 3 atom stereocenters. The molecule has 0 saturated heterocycles. The van der Waals surface area contributed by atoms with E-state index in [1.165, 1.54) is 89.9 Å². The van der Waals surface area contributed by atoms with E-state index < -0.39 is 30.4 Å². The van der Waals surface area contributed by atoms with E-state index in [1.54, 1.807) is 0 Å². The number of ether oxygens (including phenoxy) is 5. The maximum Gasteiger partial charge on any atom is 0.348 e. The van der Waals surface area contributed by atoms with Crippen molar-refractivity contribution in [2.75, 3.05) is 47.1 Å². The van der Waals surface area contributed by atoms with Gasteiger partial charge < -0.3 is 28.6 Å². The van der Waals surface area contributed by atoms with Crippen LogP contribution < -0.4 is 0 Å². The van der Waals surface area contributed by atoms with Crippen molar-refractivity contribution in [2.24, 2.45) is 11.8 Å². The summed E-state index contributed by atoms with van der Waals surface area (Å²) in [6.45, 7) is 10.6. The minimum atomic E-state index is -1.38. The second-order valence-electron chi connectivity index (χ2n) is 18.5. The summed E-state index contributed by atoms with van der Waals surface area (Å²) in [6, 6.07) is 0. The highest BCUT2D eigenvalue weighted by molar-refractivity contribution is 5.84. The Morgan fingerprint density at radius 3 is 1.17 bits per heavy atom. The van der Waals surface area contributed by atoms with E-state index >= 15 is 0 Å². The van der Waals surface area contributed by atoms with Crippen LogP contribution in [0.25, 0.3) is 0 Å². The third kappa shape index (κ3) is 38.6. The van der Waals surface area contributed by atoms with Gasteiger partial charge in [0.25, 0.3) is 0 Å². The Morgan fingerprint density at radius 2 is 0.719 bits per heavy atom. The van der Waals surface area contributed by atoms with Crippen LogP contribution in [0, 0.1) is 11.8 Å². The van der Waals surface area contributed by atoms with Crippen molar-refractivity contribution < 1.29 is 47.7 Å². The minimum absolute atomic E-state index is 0.0203. The highest BCUT2D eigenvalue weighted by atomic mass is 16.6. The fraction of sp³-hybridized carbons (Fsp3) is 0.906. The molecule has 64 heavy (non-hydrogen) atoms. The Morgan fingerprint density at radius 1 is 0.375 bits per heavy atom. The molecule has 0 N–H and O–H groups in total. The number of hydrogen-bond acceptors (Lipinski definition) is 11. The SMILES string of the molecule is CCCCCCCCC(CCCCCC)C(=O)OCCCCCCC(=O)O[C@@H](CC(=O)OCCCCCOC(=O)C(CCCCCC)CCCCCCCC)C(=O)OCCCN(C)C. The summed E-state index contributed by atoms with van der Waals surface area (Å²) < 4.78 is 27.7. The summed E-state index contributed by atoms with van der Waals surface area (Å²) >= 11 is 0. The summed E-state index contributed by atoms with van der Waals surface area (Å²) in [4.78, 5) is 66.5. The molecule has 11 heteroatoms. The van der Waals surface area contributed by atoms with Crippen molar-refractivity contribution in [2.45, 2.75) is 252 Å². The van der Waals surface area contributed by atoms with Crippen molar-refractivity contribution in [3.63, 3.8) is 0 Å². The van der Waals surface area contributed by atoms with E-state index in [1.807, 2.05) is 19.0 Å². The van der Waals surface area contributed by atoms with Gasteiger partial charge in [-0.15, -0.1) is 0 Å². The van der Waals surface area contributed by atoms with Crippen LogP contribution in [-0.4, -0.2) is 87.9 Å². The van der Waals surface area contributed by atoms with Gasteiger partial charge in [-0.2, -0.15) is 0 Å². The number of rotatable bonds is 47. The highest BCUT2D eigenvalue weighted by Crippen LogP contribution is 2.22. The molecule has 0 heterocycles. The Labute approximate surface area is 392 Å². The Bertz CT molecular complexity index is 1060. The molecular weight excluding hydrogens is 811 g/mol. The molecule has 0 fully saturated rings. The zero-order valence-corrected chi connectivity index (χ0v) is 42.3. The van der Waals surface area contributed by atoms with Gasteiger partial charge in [-0.25, -0.2) is 4.79 Å². The van der Waals surface area contributed by atoms with E-state index in [4.69, 9.17) is 23.7 Å². The second kappa shape index (κ2) is 45.5. The number of unbranched alkanes of at least 4 members (excludes halogenated alkanes) is 21. The van der Waals surface area contributed by atoms with Gasteiger partial charge in [0.05, 0.1) is 44.7 Å². The van der Waals surface area contributed by atoms with Crippen LogP contribution in [0.1, 0.15) is 246 Å². The van der Waals surface area contributed by atoms with Gasteiger partial charge in [0, 0.05) is 13.0 Å². The van der Waals surface area contributed by atoms with Crippen LogP contribution in [0.5, 0.6) is 0 Å². The molecule has 0 aliphatic heterocycles. The second-order valence-corrected chi connectivity index (χ2v) is 18.5. The van der Waals surface area contributed by atoms with Gasteiger partial charge in [0.15, 0.2) is 0 Å². The lowest BCUT2D eigenvalue weighted by Gasteiger charge is -2.17. The Kier molecular flexibility index (Phi) is 43.6. The van der Waals surface area contributed by atoms with E-state index in [0.29, 0.717) is 45.3 Å². The van der Waals surface area contributed by atoms with Gasteiger partial charge in [0.1, 0.15) is 0 Å².